The molecule has 2 rings (SSSR count). The molecule has 0 unspecified atom stereocenters. The van der Waals surface area contributed by atoms with Crippen LogP contribution in [0.4, 0.5) is 5.69 Å². The van der Waals surface area contributed by atoms with Gasteiger partial charge in [-0.15, -0.1) is 0 Å². The van der Waals surface area contributed by atoms with E-state index in [4.69, 9.17) is 5.11 Å². The van der Waals surface area contributed by atoms with E-state index in [0.717, 1.165) is 18.7 Å². The molecule has 88 valence electrons. The Balaban J connectivity index is 2.10. The molecule has 1 heterocycles. The van der Waals surface area contributed by atoms with Crippen LogP contribution in [0.1, 0.15) is 24.8 Å². The lowest BCUT2D eigenvalue weighted by Crippen LogP contribution is -2.17. The minimum atomic E-state index is -0.881. The molecule has 17 heavy (non-hydrogen) atoms. The van der Waals surface area contributed by atoms with E-state index in [0.29, 0.717) is 0 Å². The highest BCUT2D eigenvalue weighted by Crippen LogP contribution is 2.20. The summed E-state index contributed by atoms with van der Waals surface area (Å²) in [5, 5.41) is 8.51. The molecule has 1 aliphatic heterocycles. The SMILES string of the molecule is O=C(O)CC#Cc1cccc(N2CCCC2)c1. The minimum absolute atomic E-state index is 0.103. The highest BCUT2D eigenvalue weighted by Gasteiger charge is 2.11. The van der Waals surface area contributed by atoms with Gasteiger partial charge in [0.2, 0.25) is 0 Å². The second kappa shape index (κ2) is 5.40. The van der Waals surface area contributed by atoms with Crippen LogP contribution in [-0.2, 0) is 4.79 Å². The number of hydrogen-bond acceptors (Lipinski definition) is 2. The van der Waals surface area contributed by atoms with E-state index >= 15 is 0 Å². The molecule has 0 atom stereocenters. The Labute approximate surface area is 101 Å². The lowest BCUT2D eigenvalue weighted by molar-refractivity contribution is -0.135. The summed E-state index contributed by atoms with van der Waals surface area (Å²) in [5.41, 5.74) is 2.07. The first-order chi connectivity index (χ1) is 8.25. The summed E-state index contributed by atoms with van der Waals surface area (Å²) < 4.78 is 0. The molecule has 3 heteroatoms. The third-order valence-corrected chi connectivity index (χ3v) is 2.79. The summed E-state index contributed by atoms with van der Waals surface area (Å²) in [6.07, 6.45) is 2.39. The first-order valence-corrected chi connectivity index (χ1v) is 5.81. The number of carboxylic acid groups (broad SMARTS) is 1. The molecule has 1 aliphatic rings. The van der Waals surface area contributed by atoms with E-state index in [-0.39, 0.29) is 6.42 Å². The second-order valence-electron chi connectivity index (χ2n) is 4.12. The Morgan fingerprint density at radius 1 is 1.35 bits per heavy atom. The molecule has 1 aromatic carbocycles. The van der Waals surface area contributed by atoms with E-state index < -0.39 is 5.97 Å². The van der Waals surface area contributed by atoms with Gasteiger partial charge in [-0.25, -0.2) is 0 Å². The van der Waals surface area contributed by atoms with Crippen molar-refractivity contribution in [3.63, 3.8) is 0 Å². The van der Waals surface area contributed by atoms with Crippen molar-refractivity contribution < 1.29 is 9.90 Å². The van der Waals surface area contributed by atoms with E-state index in [1.54, 1.807) is 0 Å². The molecule has 0 radical (unpaired) electrons. The Hall–Kier alpha value is -1.95. The predicted molar refractivity (Wildman–Crippen MR) is 67.0 cm³/mol. The number of hydrogen-bond donors (Lipinski definition) is 1. The monoisotopic (exact) mass is 229 g/mol. The van der Waals surface area contributed by atoms with Crippen molar-refractivity contribution >= 4 is 11.7 Å². The first-order valence-electron chi connectivity index (χ1n) is 5.81. The van der Waals surface area contributed by atoms with Crippen LogP contribution in [0.5, 0.6) is 0 Å². The zero-order valence-corrected chi connectivity index (χ0v) is 9.65. The molecule has 0 bridgehead atoms. The third kappa shape index (κ3) is 3.25. The summed E-state index contributed by atoms with van der Waals surface area (Å²) in [7, 11) is 0. The van der Waals surface area contributed by atoms with Gasteiger partial charge in [0.05, 0.1) is 0 Å². The maximum atomic E-state index is 10.4. The standard InChI is InChI=1S/C14H15NO2/c16-14(17)8-4-6-12-5-3-7-13(11-12)15-9-1-2-10-15/h3,5,7,11H,1-2,8-10H2,(H,16,17). The Kier molecular flexibility index (Phi) is 3.66. The molecule has 0 amide bonds. The fraction of sp³-hybridized carbons (Fsp3) is 0.357. The fourth-order valence-electron chi connectivity index (χ4n) is 1.98. The van der Waals surface area contributed by atoms with Crippen molar-refractivity contribution in [3.05, 3.63) is 29.8 Å². The van der Waals surface area contributed by atoms with Gasteiger partial charge in [-0.2, -0.15) is 0 Å². The summed E-state index contributed by atoms with van der Waals surface area (Å²) in [5.74, 6) is 4.65. The number of carboxylic acids is 1. The van der Waals surface area contributed by atoms with Gasteiger partial charge in [0.25, 0.3) is 0 Å². The van der Waals surface area contributed by atoms with E-state index in [2.05, 4.69) is 22.8 Å². The summed E-state index contributed by atoms with van der Waals surface area (Å²) in [6.45, 7) is 2.21. The molecule has 1 aromatic rings. The molecule has 0 aliphatic carbocycles. The molecular formula is C14H15NO2. The maximum Gasteiger partial charge on any atom is 0.315 e. The van der Waals surface area contributed by atoms with Gasteiger partial charge >= 0.3 is 5.97 Å². The molecular weight excluding hydrogens is 214 g/mol. The summed E-state index contributed by atoms with van der Waals surface area (Å²) >= 11 is 0. The zero-order valence-electron chi connectivity index (χ0n) is 9.65. The van der Waals surface area contributed by atoms with Gasteiger partial charge < -0.3 is 10.0 Å². The predicted octanol–water partition coefficient (Wildman–Crippen LogP) is 2.11. The Morgan fingerprint density at radius 2 is 2.12 bits per heavy atom. The highest BCUT2D eigenvalue weighted by atomic mass is 16.4. The van der Waals surface area contributed by atoms with Gasteiger partial charge in [-0.1, -0.05) is 17.9 Å². The molecule has 0 saturated carbocycles. The molecule has 3 nitrogen and oxygen atoms in total. The molecule has 0 aromatic heterocycles. The third-order valence-electron chi connectivity index (χ3n) is 2.79. The first kappa shape index (κ1) is 11.5. The lowest BCUT2D eigenvalue weighted by Gasteiger charge is -2.17. The van der Waals surface area contributed by atoms with Gasteiger partial charge in [0, 0.05) is 24.3 Å². The van der Waals surface area contributed by atoms with E-state index in [1.807, 2.05) is 18.2 Å². The van der Waals surface area contributed by atoms with E-state index in [1.165, 1.54) is 18.5 Å². The van der Waals surface area contributed by atoms with Crippen LogP contribution in [0.25, 0.3) is 0 Å². The molecule has 1 fully saturated rings. The van der Waals surface area contributed by atoms with Crippen LogP contribution < -0.4 is 4.90 Å². The number of nitrogens with zero attached hydrogens (tertiary/aromatic N) is 1. The Morgan fingerprint density at radius 3 is 2.82 bits per heavy atom. The average Bonchev–Trinajstić information content (AvgIpc) is 2.82. The number of rotatable bonds is 2. The van der Waals surface area contributed by atoms with Crippen LogP contribution in [0, 0.1) is 11.8 Å². The molecule has 1 saturated heterocycles. The largest absolute Gasteiger partial charge is 0.481 e. The van der Waals surface area contributed by atoms with Gasteiger partial charge in [-0.05, 0) is 31.0 Å². The quantitative estimate of drug-likeness (QED) is 0.790. The topological polar surface area (TPSA) is 40.5 Å². The maximum absolute atomic E-state index is 10.4. The lowest BCUT2D eigenvalue weighted by atomic mass is 10.2. The fourth-order valence-corrected chi connectivity index (χ4v) is 1.98. The van der Waals surface area contributed by atoms with E-state index in [9.17, 15) is 4.79 Å². The summed E-state index contributed by atoms with van der Waals surface area (Å²) in [6, 6.07) is 7.99. The number of benzene rings is 1. The number of aliphatic carboxylic acids is 1. The van der Waals surface area contributed by atoms with Crippen molar-refractivity contribution in [2.75, 3.05) is 18.0 Å². The van der Waals surface area contributed by atoms with Crippen molar-refractivity contribution in [3.8, 4) is 11.8 Å². The number of carbonyl (C=O) groups is 1. The van der Waals surface area contributed by atoms with Crippen molar-refractivity contribution in [2.24, 2.45) is 0 Å². The van der Waals surface area contributed by atoms with Gasteiger partial charge in [-0.3, -0.25) is 4.79 Å². The average molecular weight is 229 g/mol. The zero-order chi connectivity index (χ0) is 12.1. The Bertz CT molecular complexity index is 465. The van der Waals surface area contributed by atoms with Gasteiger partial charge in [0.1, 0.15) is 6.42 Å². The normalized spacial score (nSPS) is 14.2. The van der Waals surface area contributed by atoms with Crippen molar-refractivity contribution in [2.45, 2.75) is 19.3 Å². The van der Waals surface area contributed by atoms with Crippen LogP contribution in [0.2, 0.25) is 0 Å². The number of anilines is 1. The second-order valence-corrected chi connectivity index (χ2v) is 4.12. The van der Waals surface area contributed by atoms with Crippen LogP contribution in [-0.4, -0.2) is 24.2 Å². The van der Waals surface area contributed by atoms with Gasteiger partial charge in [0.15, 0.2) is 0 Å². The van der Waals surface area contributed by atoms with Crippen molar-refractivity contribution in [1.82, 2.24) is 0 Å². The molecule has 0 spiro atoms. The molecule has 1 N–H and O–H groups in total. The van der Waals surface area contributed by atoms with Crippen LogP contribution in [0.15, 0.2) is 24.3 Å². The summed E-state index contributed by atoms with van der Waals surface area (Å²) in [4.78, 5) is 12.7. The van der Waals surface area contributed by atoms with Crippen LogP contribution >= 0.6 is 0 Å². The smallest absolute Gasteiger partial charge is 0.315 e. The van der Waals surface area contributed by atoms with Crippen LogP contribution in [0.3, 0.4) is 0 Å². The highest BCUT2D eigenvalue weighted by molar-refractivity contribution is 5.70. The van der Waals surface area contributed by atoms with Crippen molar-refractivity contribution in [1.29, 1.82) is 0 Å². The minimum Gasteiger partial charge on any atom is -0.481 e.